The summed E-state index contributed by atoms with van der Waals surface area (Å²) in [4.78, 5) is 28.3. The van der Waals surface area contributed by atoms with Crippen molar-refractivity contribution in [3.05, 3.63) is 89.7 Å². The molecule has 166 valence electrons. The van der Waals surface area contributed by atoms with Gasteiger partial charge in [-0.15, -0.1) is 0 Å². The van der Waals surface area contributed by atoms with Crippen molar-refractivity contribution in [3.8, 4) is 17.4 Å². The number of aromatic nitrogens is 5. The molecule has 8 nitrogen and oxygen atoms in total. The summed E-state index contributed by atoms with van der Waals surface area (Å²) < 4.78 is 7.65. The highest BCUT2D eigenvalue weighted by Crippen LogP contribution is 2.33. The normalized spacial score (nSPS) is 15.9. The largest absolute Gasteiger partial charge is 0.437 e. The molecule has 1 aromatic carbocycles. The Hall–Kier alpha value is -3.78. The van der Waals surface area contributed by atoms with Gasteiger partial charge < -0.3 is 9.64 Å². The second-order valence-electron chi connectivity index (χ2n) is 7.75. The Morgan fingerprint density at radius 1 is 1.06 bits per heavy atom. The van der Waals surface area contributed by atoms with E-state index < -0.39 is 0 Å². The Kier molecular flexibility index (Phi) is 5.99. The van der Waals surface area contributed by atoms with Crippen molar-refractivity contribution in [1.82, 2.24) is 29.6 Å². The number of nitrogens with zero attached hydrogens (tertiary/aromatic N) is 6. The maximum Gasteiger partial charge on any atom is 0.255 e. The van der Waals surface area contributed by atoms with Gasteiger partial charge in [-0.2, -0.15) is 5.10 Å². The molecule has 1 aliphatic heterocycles. The minimum atomic E-state index is -0.0552. The van der Waals surface area contributed by atoms with Gasteiger partial charge in [-0.3, -0.25) is 9.78 Å². The molecule has 0 radical (unpaired) electrons. The van der Waals surface area contributed by atoms with Gasteiger partial charge in [0.2, 0.25) is 5.88 Å². The number of ether oxygens (including phenoxy) is 1. The molecule has 0 saturated carbocycles. The predicted octanol–water partition coefficient (Wildman–Crippen LogP) is 4.52. The monoisotopic (exact) mass is 460 g/mol. The maximum atomic E-state index is 13.2. The van der Waals surface area contributed by atoms with Crippen LogP contribution in [-0.2, 0) is 0 Å². The second-order valence-corrected chi connectivity index (χ2v) is 8.19. The average molecular weight is 461 g/mol. The summed E-state index contributed by atoms with van der Waals surface area (Å²) in [6.45, 7) is 1.21. The molecule has 1 saturated heterocycles. The summed E-state index contributed by atoms with van der Waals surface area (Å²) in [7, 11) is 0. The molecule has 3 aromatic heterocycles. The standard InChI is InChI=1S/C24H21ClN6O2/c25-19-5-1-6-20(14-19)33-23-22(26-10-11-27-23)18-4-2-12-30(16-18)24(32)17-7-8-21(28-15-17)31-13-3-9-29-31/h1,3,5-11,13-15,18H,2,4,12,16H2/t18-/m0/s1. The fourth-order valence-electron chi connectivity index (χ4n) is 3.96. The highest BCUT2D eigenvalue weighted by atomic mass is 35.5. The lowest BCUT2D eigenvalue weighted by Gasteiger charge is -2.32. The van der Waals surface area contributed by atoms with E-state index in [1.807, 2.05) is 29.3 Å². The second kappa shape index (κ2) is 9.38. The number of hydrogen-bond donors (Lipinski definition) is 0. The molecule has 33 heavy (non-hydrogen) atoms. The van der Waals surface area contributed by atoms with Gasteiger partial charge in [0.25, 0.3) is 5.91 Å². The third-order valence-electron chi connectivity index (χ3n) is 5.53. The third kappa shape index (κ3) is 4.70. The summed E-state index contributed by atoms with van der Waals surface area (Å²) in [6, 6.07) is 12.6. The van der Waals surface area contributed by atoms with E-state index in [9.17, 15) is 4.79 Å². The molecular weight excluding hydrogens is 440 g/mol. The van der Waals surface area contributed by atoms with Crippen LogP contribution in [0.1, 0.15) is 34.8 Å². The summed E-state index contributed by atoms with van der Waals surface area (Å²) in [5, 5.41) is 4.75. The van der Waals surface area contributed by atoms with E-state index in [0.717, 1.165) is 18.5 Å². The molecule has 0 bridgehead atoms. The Bertz CT molecular complexity index is 1250. The Labute approximate surface area is 195 Å². The molecule has 0 spiro atoms. The summed E-state index contributed by atoms with van der Waals surface area (Å²) in [6.07, 6.45) is 10.1. The predicted molar refractivity (Wildman–Crippen MR) is 123 cm³/mol. The number of amides is 1. The molecule has 1 atom stereocenters. The van der Waals surface area contributed by atoms with Crippen LogP contribution in [0, 0.1) is 0 Å². The van der Waals surface area contributed by atoms with Crippen LogP contribution in [0.3, 0.4) is 0 Å². The van der Waals surface area contributed by atoms with Crippen LogP contribution in [-0.4, -0.2) is 48.6 Å². The zero-order valence-corrected chi connectivity index (χ0v) is 18.5. The number of carbonyl (C=O) groups excluding carboxylic acids is 1. The minimum Gasteiger partial charge on any atom is -0.437 e. The molecule has 0 aliphatic carbocycles. The number of benzene rings is 1. The third-order valence-corrected chi connectivity index (χ3v) is 5.77. The Morgan fingerprint density at radius 3 is 2.76 bits per heavy atom. The van der Waals surface area contributed by atoms with Crippen LogP contribution >= 0.6 is 11.6 Å². The molecule has 1 fully saturated rings. The molecule has 5 rings (SSSR count). The van der Waals surface area contributed by atoms with Crippen LogP contribution in [0.2, 0.25) is 5.02 Å². The summed E-state index contributed by atoms with van der Waals surface area (Å²) in [5.74, 6) is 1.65. The van der Waals surface area contributed by atoms with E-state index >= 15 is 0 Å². The molecule has 0 N–H and O–H groups in total. The number of halogens is 1. The molecule has 1 amide bonds. The first-order valence-electron chi connectivity index (χ1n) is 10.7. The van der Waals surface area contributed by atoms with Crippen molar-refractivity contribution in [2.24, 2.45) is 0 Å². The van der Waals surface area contributed by atoms with Gasteiger partial charge in [0.1, 0.15) is 11.4 Å². The highest BCUT2D eigenvalue weighted by molar-refractivity contribution is 6.30. The van der Waals surface area contributed by atoms with Crippen LogP contribution in [0.4, 0.5) is 0 Å². The summed E-state index contributed by atoms with van der Waals surface area (Å²) in [5.41, 5.74) is 1.28. The zero-order valence-electron chi connectivity index (χ0n) is 17.7. The first kappa shape index (κ1) is 21.1. The number of likely N-dealkylation sites (tertiary alicyclic amines) is 1. The van der Waals surface area contributed by atoms with E-state index in [-0.39, 0.29) is 11.8 Å². The van der Waals surface area contributed by atoms with Crippen molar-refractivity contribution >= 4 is 17.5 Å². The zero-order chi connectivity index (χ0) is 22.6. The molecule has 4 aromatic rings. The smallest absolute Gasteiger partial charge is 0.255 e. The fraction of sp³-hybridized carbons (Fsp3) is 0.208. The van der Waals surface area contributed by atoms with Gasteiger partial charge in [0.15, 0.2) is 5.82 Å². The van der Waals surface area contributed by atoms with Crippen molar-refractivity contribution < 1.29 is 9.53 Å². The van der Waals surface area contributed by atoms with Gasteiger partial charge >= 0.3 is 0 Å². The van der Waals surface area contributed by atoms with E-state index in [4.69, 9.17) is 16.3 Å². The van der Waals surface area contributed by atoms with E-state index in [1.54, 1.807) is 53.7 Å². The number of piperidine rings is 1. The van der Waals surface area contributed by atoms with Gasteiger partial charge in [-0.05, 0) is 49.2 Å². The van der Waals surface area contributed by atoms with Gasteiger partial charge in [0, 0.05) is 55.0 Å². The SMILES string of the molecule is O=C(c1ccc(-n2cccn2)nc1)N1CCC[C@H](c2nccnc2Oc2cccc(Cl)c2)C1. The topological polar surface area (TPSA) is 86.0 Å². The Balaban J connectivity index is 1.32. The lowest BCUT2D eigenvalue weighted by Crippen LogP contribution is -2.39. The molecule has 9 heteroatoms. The van der Waals surface area contributed by atoms with Crippen LogP contribution in [0.5, 0.6) is 11.6 Å². The van der Waals surface area contributed by atoms with Crippen LogP contribution in [0.15, 0.2) is 73.4 Å². The molecule has 1 aliphatic rings. The summed E-state index contributed by atoms with van der Waals surface area (Å²) >= 11 is 6.08. The lowest BCUT2D eigenvalue weighted by molar-refractivity contribution is 0.0704. The van der Waals surface area contributed by atoms with Crippen molar-refractivity contribution in [2.45, 2.75) is 18.8 Å². The van der Waals surface area contributed by atoms with E-state index in [2.05, 4.69) is 20.1 Å². The van der Waals surface area contributed by atoms with Crippen molar-refractivity contribution in [3.63, 3.8) is 0 Å². The quantitative estimate of drug-likeness (QED) is 0.435. The van der Waals surface area contributed by atoms with Crippen LogP contribution in [0.25, 0.3) is 5.82 Å². The fourth-order valence-corrected chi connectivity index (χ4v) is 4.14. The van der Waals surface area contributed by atoms with E-state index in [0.29, 0.717) is 41.1 Å². The Morgan fingerprint density at radius 2 is 1.97 bits per heavy atom. The number of rotatable bonds is 5. The maximum absolute atomic E-state index is 13.2. The highest BCUT2D eigenvalue weighted by Gasteiger charge is 2.29. The number of pyridine rings is 1. The van der Waals surface area contributed by atoms with Gasteiger partial charge in [-0.1, -0.05) is 17.7 Å². The average Bonchev–Trinajstić information content (AvgIpc) is 3.39. The van der Waals surface area contributed by atoms with Gasteiger partial charge in [0.05, 0.1) is 5.56 Å². The molecular formula is C24H21ClN6O2. The number of carbonyl (C=O) groups is 1. The van der Waals surface area contributed by atoms with Crippen molar-refractivity contribution in [2.75, 3.05) is 13.1 Å². The van der Waals surface area contributed by atoms with Gasteiger partial charge in [-0.25, -0.2) is 14.6 Å². The van der Waals surface area contributed by atoms with Crippen molar-refractivity contribution in [1.29, 1.82) is 0 Å². The van der Waals surface area contributed by atoms with E-state index in [1.165, 1.54) is 0 Å². The minimum absolute atomic E-state index is 0.0156. The van der Waals surface area contributed by atoms with Crippen LogP contribution < -0.4 is 4.74 Å². The first-order chi connectivity index (χ1) is 16.2. The molecule has 0 unspecified atom stereocenters. The lowest BCUT2D eigenvalue weighted by atomic mass is 9.94. The molecule has 4 heterocycles. The number of hydrogen-bond acceptors (Lipinski definition) is 6. The first-order valence-corrected chi connectivity index (χ1v) is 11.0.